The molecule has 8 heteroatoms. The van der Waals surface area contributed by atoms with Crippen molar-refractivity contribution in [2.24, 2.45) is 0 Å². The van der Waals surface area contributed by atoms with Crippen LogP contribution in [0, 0.1) is 0 Å². The van der Waals surface area contributed by atoms with Crippen molar-refractivity contribution in [2.75, 3.05) is 25.0 Å². The maximum absolute atomic E-state index is 10.7. The lowest BCUT2D eigenvalue weighted by molar-refractivity contribution is -0.0295. The number of benzene rings is 2. The molecule has 1 aliphatic heterocycles. The molecule has 4 aromatic rings. The number of aliphatic hydroxyl groups is 2. The number of nitrogens with one attached hydrogen (secondary N) is 1. The van der Waals surface area contributed by atoms with Gasteiger partial charge >= 0.3 is 0 Å². The molecule has 1 fully saturated rings. The van der Waals surface area contributed by atoms with Crippen LogP contribution in [0.25, 0.3) is 22.2 Å². The van der Waals surface area contributed by atoms with E-state index < -0.39 is 24.5 Å². The van der Waals surface area contributed by atoms with E-state index in [2.05, 4.69) is 58.3 Å². The van der Waals surface area contributed by atoms with Crippen LogP contribution in [0.2, 0.25) is 0 Å². The van der Waals surface area contributed by atoms with Crippen LogP contribution in [0.15, 0.2) is 67.1 Å². The normalized spacial score (nSPS) is 21.7. The van der Waals surface area contributed by atoms with Gasteiger partial charge in [-0.15, -0.1) is 0 Å². The van der Waals surface area contributed by atoms with Crippen molar-refractivity contribution in [1.82, 2.24) is 19.4 Å². The van der Waals surface area contributed by atoms with Crippen LogP contribution in [-0.4, -0.2) is 67.6 Å². The highest BCUT2D eigenvalue weighted by Gasteiger charge is 2.42. The van der Waals surface area contributed by atoms with Crippen molar-refractivity contribution in [3.8, 4) is 11.1 Å². The van der Waals surface area contributed by atoms with E-state index in [4.69, 9.17) is 4.74 Å². The smallest absolute Gasteiger partial charge is 0.164 e. The molecule has 0 spiro atoms. The number of rotatable bonds is 9. The van der Waals surface area contributed by atoms with Gasteiger partial charge in [0, 0.05) is 24.0 Å². The fourth-order valence-electron chi connectivity index (χ4n) is 4.99. The Morgan fingerprint density at radius 2 is 1.70 bits per heavy atom. The van der Waals surface area contributed by atoms with Gasteiger partial charge in [0.15, 0.2) is 6.23 Å². The first-order chi connectivity index (χ1) is 18.0. The second-order valence-corrected chi connectivity index (χ2v) is 9.55. The first-order valence-corrected chi connectivity index (χ1v) is 13.0. The summed E-state index contributed by atoms with van der Waals surface area (Å²) in [4.78, 5) is 11.6. The lowest BCUT2D eigenvalue weighted by atomic mass is 10.1. The van der Waals surface area contributed by atoms with Gasteiger partial charge in [-0.2, -0.15) is 0 Å². The summed E-state index contributed by atoms with van der Waals surface area (Å²) >= 11 is 0. The van der Waals surface area contributed by atoms with Crippen LogP contribution in [-0.2, 0) is 11.2 Å². The number of hydrogen-bond donors (Lipinski definition) is 3. The molecule has 2 aromatic heterocycles. The standard InChI is InChI=1S/C29H35N5O3/c1-4-33(5-2)16-15-20-11-13-22(14-12-20)32-27-24-23(21-9-7-6-8-10-21)17-34(28(24)31-18-30-27)29-26(36)25(35)19(3)37-29/h6-14,17-19,25-26,29,35-36H,4-5,15-16H2,1-3H3,(H,30,31,32)/t19-,25-,26-,29-/m1/s1. The number of aliphatic hydroxyl groups excluding tert-OH is 2. The van der Waals surface area contributed by atoms with Gasteiger partial charge in [0.2, 0.25) is 0 Å². The second-order valence-electron chi connectivity index (χ2n) is 9.55. The van der Waals surface area contributed by atoms with Gasteiger partial charge in [0.25, 0.3) is 0 Å². The van der Waals surface area contributed by atoms with Crippen molar-refractivity contribution in [2.45, 2.75) is 51.7 Å². The summed E-state index contributed by atoms with van der Waals surface area (Å²) in [7, 11) is 0. The molecular weight excluding hydrogens is 466 g/mol. The maximum Gasteiger partial charge on any atom is 0.164 e. The molecule has 0 unspecified atom stereocenters. The number of likely N-dealkylation sites (N-methyl/N-ethyl adjacent to an activating group) is 1. The average molecular weight is 502 g/mol. The van der Waals surface area contributed by atoms with Crippen LogP contribution < -0.4 is 5.32 Å². The molecule has 2 aromatic carbocycles. The van der Waals surface area contributed by atoms with Gasteiger partial charge in [0.1, 0.15) is 30.0 Å². The van der Waals surface area contributed by atoms with E-state index in [9.17, 15) is 10.2 Å². The molecule has 194 valence electrons. The predicted molar refractivity (Wildman–Crippen MR) is 146 cm³/mol. The Hall–Kier alpha value is -3.30. The van der Waals surface area contributed by atoms with Crippen LogP contribution in [0.1, 0.15) is 32.6 Å². The third kappa shape index (κ3) is 5.10. The summed E-state index contributed by atoms with van der Waals surface area (Å²) < 4.78 is 7.74. The highest BCUT2D eigenvalue weighted by molar-refractivity contribution is 6.02. The van der Waals surface area contributed by atoms with Crippen LogP contribution in [0.4, 0.5) is 11.5 Å². The van der Waals surface area contributed by atoms with Crippen LogP contribution in [0.5, 0.6) is 0 Å². The predicted octanol–water partition coefficient (Wildman–Crippen LogP) is 4.37. The molecule has 1 saturated heterocycles. The Kier molecular flexibility index (Phi) is 7.53. The summed E-state index contributed by atoms with van der Waals surface area (Å²) in [6, 6.07) is 18.5. The molecule has 0 bridgehead atoms. The summed E-state index contributed by atoms with van der Waals surface area (Å²) in [6.45, 7) is 9.30. The molecule has 3 heterocycles. The van der Waals surface area contributed by atoms with Gasteiger partial charge in [-0.25, -0.2) is 9.97 Å². The summed E-state index contributed by atoms with van der Waals surface area (Å²) in [5.74, 6) is 0.666. The Morgan fingerprint density at radius 3 is 2.35 bits per heavy atom. The second kappa shape index (κ2) is 11.0. The third-order valence-corrected chi connectivity index (χ3v) is 7.27. The largest absolute Gasteiger partial charge is 0.388 e. The van der Waals surface area contributed by atoms with E-state index in [0.29, 0.717) is 11.5 Å². The lowest BCUT2D eigenvalue weighted by Crippen LogP contribution is -2.30. The zero-order valence-corrected chi connectivity index (χ0v) is 21.6. The summed E-state index contributed by atoms with van der Waals surface area (Å²) in [5, 5.41) is 25.3. The topological polar surface area (TPSA) is 95.7 Å². The molecule has 37 heavy (non-hydrogen) atoms. The van der Waals surface area contributed by atoms with Gasteiger partial charge in [-0.05, 0) is 49.7 Å². The Balaban J connectivity index is 1.50. The highest BCUT2D eigenvalue weighted by atomic mass is 16.6. The molecular formula is C29H35N5O3. The van der Waals surface area contributed by atoms with Crippen molar-refractivity contribution < 1.29 is 14.9 Å². The van der Waals surface area contributed by atoms with Gasteiger partial charge in [-0.1, -0.05) is 56.3 Å². The molecule has 0 radical (unpaired) electrons. The van der Waals surface area contributed by atoms with E-state index in [-0.39, 0.29) is 0 Å². The number of ether oxygens (including phenoxy) is 1. The molecule has 0 aliphatic carbocycles. The SMILES string of the molecule is CCN(CC)CCc1ccc(Nc2ncnc3c2c(-c2ccccc2)cn3[C@@H]2O[C@H](C)[C@@H](O)[C@H]2O)cc1. The van der Waals surface area contributed by atoms with E-state index in [1.54, 1.807) is 11.5 Å². The quantitative estimate of drug-likeness (QED) is 0.314. The minimum atomic E-state index is -1.07. The Labute approximate surface area is 217 Å². The fourth-order valence-corrected chi connectivity index (χ4v) is 4.99. The van der Waals surface area contributed by atoms with Crippen molar-refractivity contribution in [3.05, 3.63) is 72.7 Å². The zero-order valence-electron chi connectivity index (χ0n) is 21.6. The molecule has 8 nitrogen and oxygen atoms in total. The van der Waals surface area contributed by atoms with E-state index in [1.807, 2.05) is 36.5 Å². The minimum Gasteiger partial charge on any atom is -0.388 e. The molecule has 0 saturated carbocycles. The maximum atomic E-state index is 10.7. The lowest BCUT2D eigenvalue weighted by Gasteiger charge is -2.18. The fraction of sp³-hybridized carbons (Fsp3) is 0.379. The van der Waals surface area contributed by atoms with E-state index in [0.717, 1.165) is 48.3 Å². The van der Waals surface area contributed by atoms with E-state index >= 15 is 0 Å². The molecule has 4 atom stereocenters. The Bertz CT molecular complexity index is 1320. The van der Waals surface area contributed by atoms with Gasteiger partial charge < -0.3 is 29.7 Å². The van der Waals surface area contributed by atoms with Crippen molar-refractivity contribution in [1.29, 1.82) is 0 Å². The van der Waals surface area contributed by atoms with Crippen molar-refractivity contribution >= 4 is 22.5 Å². The average Bonchev–Trinajstić information content (AvgIpc) is 3.44. The zero-order chi connectivity index (χ0) is 25.9. The number of fused-ring (bicyclic) bond motifs is 1. The van der Waals surface area contributed by atoms with Crippen molar-refractivity contribution in [3.63, 3.8) is 0 Å². The number of aromatic nitrogens is 3. The monoisotopic (exact) mass is 501 g/mol. The summed E-state index contributed by atoms with van der Waals surface area (Å²) in [5.41, 5.74) is 4.76. The van der Waals surface area contributed by atoms with Crippen LogP contribution >= 0.6 is 0 Å². The molecule has 5 rings (SSSR count). The minimum absolute atomic E-state index is 0.489. The van der Waals surface area contributed by atoms with Gasteiger partial charge in [0.05, 0.1) is 11.5 Å². The molecule has 1 aliphatic rings. The van der Waals surface area contributed by atoms with Gasteiger partial charge in [-0.3, -0.25) is 0 Å². The summed E-state index contributed by atoms with van der Waals surface area (Å²) in [6.07, 6.45) is 1.17. The first-order valence-electron chi connectivity index (χ1n) is 13.0. The number of anilines is 2. The van der Waals surface area contributed by atoms with E-state index in [1.165, 1.54) is 11.9 Å². The highest BCUT2D eigenvalue weighted by Crippen LogP contribution is 2.39. The number of nitrogens with zero attached hydrogens (tertiary/aromatic N) is 4. The molecule has 0 amide bonds. The van der Waals surface area contributed by atoms with Crippen LogP contribution in [0.3, 0.4) is 0 Å². The number of hydrogen-bond acceptors (Lipinski definition) is 7. The molecule has 3 N–H and O–H groups in total. The first kappa shape index (κ1) is 25.4. The Morgan fingerprint density at radius 1 is 0.973 bits per heavy atom. The third-order valence-electron chi connectivity index (χ3n) is 7.27.